The number of aliphatic carboxylic acids is 7. The number of carbonyl (C=O) groups is 12. The molecular weight excluding hydrogens is 1350 g/mol. The fraction of sp³-hybridized carbons (Fsp3) is 0.627. The van der Waals surface area contributed by atoms with Gasteiger partial charge in [0.05, 0.1) is 31.2 Å². The molecule has 28 nitrogen and oxygen atoms in total. The first-order valence-corrected chi connectivity index (χ1v) is 34.6. The van der Waals surface area contributed by atoms with E-state index in [1.54, 1.807) is 19.6 Å². The summed E-state index contributed by atoms with van der Waals surface area (Å²) < 4.78 is 0.971. The lowest BCUT2D eigenvalue weighted by atomic mass is 9.92. The summed E-state index contributed by atoms with van der Waals surface area (Å²) in [4.78, 5) is 154. The van der Waals surface area contributed by atoms with Crippen LogP contribution in [0.5, 0.6) is 0 Å². The number of carboxylic acids is 7. The van der Waals surface area contributed by atoms with Gasteiger partial charge in [-0.2, -0.15) is 0 Å². The van der Waals surface area contributed by atoms with Crippen LogP contribution in [-0.2, 0) is 72.0 Å². The Kier molecular flexibility index (Phi) is 41.6. The fourth-order valence-electron chi connectivity index (χ4n) is 11.2. The van der Waals surface area contributed by atoms with E-state index in [1.165, 1.54) is 0 Å². The van der Waals surface area contributed by atoms with Gasteiger partial charge in [-0.15, -0.1) is 0 Å². The van der Waals surface area contributed by atoms with Gasteiger partial charge >= 0.3 is 47.8 Å². The number of ketones is 2. The van der Waals surface area contributed by atoms with Gasteiger partial charge in [-0.3, -0.25) is 62.8 Å². The predicted molar refractivity (Wildman–Crippen MR) is 366 cm³/mol. The number of Topliss-reactive ketones (excluding diaryl/α,β-unsaturated/α-hetero) is 2. The topological polar surface area (TPSA) is 420 Å². The summed E-state index contributed by atoms with van der Waals surface area (Å²) in [5, 5.41) is 81.0. The molecule has 0 aliphatic carbocycles. The van der Waals surface area contributed by atoms with E-state index in [2.05, 4.69) is 42.5 Å². The van der Waals surface area contributed by atoms with Gasteiger partial charge < -0.3 is 62.3 Å². The van der Waals surface area contributed by atoms with Crippen LogP contribution in [0, 0.1) is 5.92 Å². The van der Waals surface area contributed by atoms with Gasteiger partial charge in [0, 0.05) is 127 Å². The second kappa shape index (κ2) is 48.2. The number of hydrogen-bond donors (Lipinski definition) is 12. The molecule has 4 atom stereocenters. The minimum Gasteiger partial charge on any atom is -0.481 e. The molecule has 4 amide bonds. The van der Waals surface area contributed by atoms with Crippen molar-refractivity contribution < 1.29 is 93.3 Å². The molecule has 1 aliphatic heterocycles. The van der Waals surface area contributed by atoms with E-state index < -0.39 is 84.3 Å². The van der Waals surface area contributed by atoms with Gasteiger partial charge in [0.25, 0.3) is 0 Å². The highest BCUT2D eigenvalue weighted by Gasteiger charge is 2.30. The van der Waals surface area contributed by atoms with Crippen molar-refractivity contribution in [3.05, 3.63) is 69.7 Å². The largest absolute Gasteiger partial charge is 0.481 e. The second-order valence-electron chi connectivity index (χ2n) is 24.7. The van der Waals surface area contributed by atoms with E-state index in [1.807, 2.05) is 48.5 Å². The minimum absolute atomic E-state index is 0.0436. The summed E-state index contributed by atoms with van der Waals surface area (Å²) in [6.45, 7) is 0.466. The Balaban J connectivity index is 1.58. The Morgan fingerprint density at radius 3 is 1.56 bits per heavy atom. The van der Waals surface area contributed by atoms with Crippen molar-refractivity contribution in [2.24, 2.45) is 5.92 Å². The quantitative estimate of drug-likeness (QED) is 0.0303. The summed E-state index contributed by atoms with van der Waals surface area (Å²) in [5.74, 6) is -9.73. The van der Waals surface area contributed by atoms with Crippen molar-refractivity contribution in [2.45, 2.75) is 172 Å². The first kappa shape index (κ1) is 83.7. The lowest BCUT2D eigenvalue weighted by Gasteiger charge is -2.37. The van der Waals surface area contributed by atoms with E-state index in [-0.39, 0.29) is 147 Å². The number of thiocarbonyl (C=S) groups is 1. The van der Waals surface area contributed by atoms with E-state index in [0.717, 1.165) is 46.8 Å². The van der Waals surface area contributed by atoms with Crippen LogP contribution < -0.4 is 26.6 Å². The molecule has 1 aliphatic rings. The first-order valence-electron chi connectivity index (χ1n) is 33.4. The number of halogens is 1. The van der Waals surface area contributed by atoms with Crippen LogP contribution in [0.2, 0.25) is 0 Å². The third-order valence-electron chi connectivity index (χ3n) is 16.5. The molecule has 2 aromatic rings. The van der Waals surface area contributed by atoms with E-state index >= 15 is 0 Å². The van der Waals surface area contributed by atoms with Crippen molar-refractivity contribution in [1.82, 2.24) is 46.2 Å². The summed E-state index contributed by atoms with van der Waals surface area (Å²) >= 11 is 9.13. The maximum absolute atomic E-state index is 13.9. The standard InChI is InChI=1S/C67H100BrN9O19S/c68-51-26-24-47(25-27-51)13-11-18-57(80)69-30-10-8-17-55(65(92)93)72-64(91)50(41-54(79)16-6-4-2-1-3-5-15-53(78)28-29-56(66(94)95)73-67(96)71-32-12-19-59(81)82)14-7-9-31-70-58(97)40-49-22-20-48(21-23-49)39-52-42-76(45-62(87)88)36-35-74(43-60(83)84)33-34-75(44-61(85)86)37-38-77(52)46-63(89)90/h20-27,50,52,55-56H,1-19,28-46H2,(H,69,80)(H,70,97)(H,72,91)(H,81,82)(H,83,84)(H,85,86)(H,87,88)(H,89,90)(H,92,93)(H,94,95)(H2,71,73,96). The van der Waals surface area contributed by atoms with Crippen LogP contribution in [0.1, 0.15) is 152 Å². The highest BCUT2D eigenvalue weighted by molar-refractivity contribution is 9.10. The number of urea groups is 1. The van der Waals surface area contributed by atoms with Crippen LogP contribution in [-0.4, -0.2) is 241 Å². The highest BCUT2D eigenvalue weighted by atomic mass is 79.9. The number of carbonyl (C=O) groups excluding carboxylic acids is 5. The molecule has 30 heteroatoms. The molecule has 2 aromatic carbocycles. The number of unbranched alkanes of at least 4 members (excludes halogenated alkanes) is 7. The average Bonchev–Trinajstić information content (AvgIpc) is 1.12. The lowest BCUT2D eigenvalue weighted by molar-refractivity contribution is -0.143. The monoisotopic (exact) mass is 1450 g/mol. The van der Waals surface area contributed by atoms with Crippen LogP contribution in [0.4, 0.5) is 4.79 Å². The Bertz CT molecular complexity index is 2860. The number of rotatable bonds is 49. The van der Waals surface area contributed by atoms with Gasteiger partial charge in [-0.1, -0.05) is 96.7 Å². The average molecular weight is 1450 g/mol. The van der Waals surface area contributed by atoms with Crippen molar-refractivity contribution >= 4 is 104 Å². The third kappa shape index (κ3) is 40.1. The van der Waals surface area contributed by atoms with Crippen molar-refractivity contribution in [2.75, 3.05) is 91.6 Å². The summed E-state index contributed by atoms with van der Waals surface area (Å²) in [6.07, 6.45) is 9.07. The summed E-state index contributed by atoms with van der Waals surface area (Å²) in [5.41, 5.74) is 2.79. The zero-order chi connectivity index (χ0) is 71.5. The highest BCUT2D eigenvalue weighted by Crippen LogP contribution is 2.20. The normalized spacial score (nSPS) is 15.2. The second-order valence-corrected chi connectivity index (χ2v) is 26.1. The zero-order valence-corrected chi connectivity index (χ0v) is 57.8. The number of nitrogens with zero attached hydrogens (tertiary/aromatic N) is 4. The zero-order valence-electron chi connectivity index (χ0n) is 55.4. The van der Waals surface area contributed by atoms with Crippen LogP contribution in [0.15, 0.2) is 53.0 Å². The fourth-order valence-corrected chi connectivity index (χ4v) is 11.8. The van der Waals surface area contributed by atoms with E-state index in [4.69, 9.17) is 17.3 Å². The van der Waals surface area contributed by atoms with Crippen LogP contribution in [0.25, 0.3) is 0 Å². The van der Waals surface area contributed by atoms with E-state index in [0.29, 0.717) is 88.7 Å². The number of carboxylic acid groups (broad SMARTS) is 7. The minimum atomic E-state index is -1.30. The Morgan fingerprint density at radius 2 is 0.969 bits per heavy atom. The molecule has 1 heterocycles. The summed E-state index contributed by atoms with van der Waals surface area (Å²) in [7, 11) is 0. The maximum Gasteiger partial charge on any atom is 0.326 e. The number of aryl methyl sites for hydroxylation is 1. The van der Waals surface area contributed by atoms with Gasteiger partial charge in [0.15, 0.2) is 0 Å². The van der Waals surface area contributed by atoms with Gasteiger partial charge in [-0.25, -0.2) is 14.4 Å². The SMILES string of the molecule is O=C(O)CCCNC(=O)NC(CCC(=O)CCCCCCCCC(=O)CC(CCCCNC(=S)Cc1ccc(CC2CN(CC(=O)O)CCN(CC(=O)O)CCN(CC(=O)O)CCN2CC(=O)O)cc1)C(=O)NC(CCCCNC(=O)CCCc1ccc(Br)cc1)C(=O)O)C(=O)O. The molecule has 540 valence electrons. The summed E-state index contributed by atoms with van der Waals surface area (Å²) in [6, 6.07) is 11.6. The number of hydrogen-bond acceptors (Lipinski definition) is 17. The molecule has 4 unspecified atom stereocenters. The molecule has 1 saturated heterocycles. The maximum atomic E-state index is 13.9. The lowest BCUT2D eigenvalue weighted by Crippen LogP contribution is -2.53. The van der Waals surface area contributed by atoms with Crippen LogP contribution in [0.3, 0.4) is 0 Å². The van der Waals surface area contributed by atoms with Gasteiger partial charge in [-0.05, 0) is 106 Å². The Morgan fingerprint density at radius 1 is 0.464 bits per heavy atom. The van der Waals surface area contributed by atoms with E-state index in [9.17, 15) is 88.2 Å². The van der Waals surface area contributed by atoms with Gasteiger partial charge in [0.2, 0.25) is 11.8 Å². The molecule has 0 saturated carbocycles. The molecule has 1 fully saturated rings. The molecule has 12 N–H and O–H groups in total. The van der Waals surface area contributed by atoms with Crippen LogP contribution >= 0.6 is 28.1 Å². The predicted octanol–water partition coefficient (Wildman–Crippen LogP) is 5.09. The Hall–Kier alpha value is -7.51. The number of amides is 4. The molecule has 3 rings (SSSR count). The number of nitrogens with one attached hydrogen (secondary N) is 5. The Labute approximate surface area is 580 Å². The van der Waals surface area contributed by atoms with Crippen molar-refractivity contribution in [3.63, 3.8) is 0 Å². The molecular formula is C67H100BrN9O19S. The first-order chi connectivity index (χ1) is 46.2. The molecule has 0 aromatic heterocycles. The molecule has 0 spiro atoms. The van der Waals surface area contributed by atoms with Crippen molar-refractivity contribution in [3.8, 4) is 0 Å². The molecule has 0 radical (unpaired) electrons. The number of benzene rings is 2. The molecule has 0 bridgehead atoms. The van der Waals surface area contributed by atoms with Crippen molar-refractivity contribution in [1.29, 1.82) is 0 Å². The third-order valence-corrected chi connectivity index (χ3v) is 17.4. The van der Waals surface area contributed by atoms with Gasteiger partial charge in [0.1, 0.15) is 23.7 Å². The molecule has 97 heavy (non-hydrogen) atoms. The smallest absolute Gasteiger partial charge is 0.326 e.